The molecule has 0 aromatic carbocycles. The van der Waals surface area contributed by atoms with Crippen LogP contribution >= 0.6 is 11.8 Å². The number of hydrogen-bond acceptors (Lipinski definition) is 6. The van der Waals surface area contributed by atoms with E-state index >= 15 is 0 Å². The van der Waals surface area contributed by atoms with Crippen molar-refractivity contribution in [2.75, 3.05) is 30.0 Å². The van der Waals surface area contributed by atoms with Crippen LogP contribution in [0.5, 0.6) is 0 Å². The van der Waals surface area contributed by atoms with E-state index in [1.807, 2.05) is 12.3 Å². The van der Waals surface area contributed by atoms with Gasteiger partial charge in [0.15, 0.2) is 5.16 Å². The molecule has 17 heavy (non-hydrogen) atoms. The van der Waals surface area contributed by atoms with Gasteiger partial charge >= 0.3 is 0 Å². The molecule has 1 aliphatic rings. The molecule has 94 valence electrons. The van der Waals surface area contributed by atoms with Crippen LogP contribution < -0.4 is 10.6 Å². The van der Waals surface area contributed by atoms with E-state index in [1.54, 1.807) is 0 Å². The largest absolute Gasteiger partial charge is 0.383 e. The summed E-state index contributed by atoms with van der Waals surface area (Å²) < 4.78 is 5.61. The minimum atomic E-state index is 0.222. The van der Waals surface area contributed by atoms with Gasteiger partial charge in [0.2, 0.25) is 0 Å². The highest BCUT2D eigenvalue weighted by atomic mass is 32.2. The molecule has 2 atom stereocenters. The van der Waals surface area contributed by atoms with Gasteiger partial charge in [0.05, 0.1) is 18.8 Å². The van der Waals surface area contributed by atoms with Crippen LogP contribution in [0.4, 0.5) is 11.6 Å². The molecule has 0 spiro atoms. The predicted octanol–water partition coefficient (Wildman–Crippen LogP) is 1.39. The maximum absolute atomic E-state index is 5.80. The maximum atomic E-state index is 5.80. The number of morpholine rings is 1. The van der Waals surface area contributed by atoms with Crippen LogP contribution in [0, 0.1) is 0 Å². The number of nitrogens with zero attached hydrogens (tertiary/aromatic N) is 3. The van der Waals surface area contributed by atoms with Gasteiger partial charge in [-0.1, -0.05) is 11.8 Å². The molecule has 1 aliphatic heterocycles. The van der Waals surface area contributed by atoms with Gasteiger partial charge in [0, 0.05) is 12.6 Å². The van der Waals surface area contributed by atoms with Crippen LogP contribution in [0.15, 0.2) is 11.2 Å². The first-order valence-electron chi connectivity index (χ1n) is 5.67. The van der Waals surface area contributed by atoms with Crippen molar-refractivity contribution >= 4 is 23.4 Å². The van der Waals surface area contributed by atoms with E-state index in [0.717, 1.165) is 19.0 Å². The summed E-state index contributed by atoms with van der Waals surface area (Å²) in [7, 11) is 0. The number of nitrogens with two attached hydrogens (primary N) is 1. The summed E-state index contributed by atoms with van der Waals surface area (Å²) in [4.78, 5) is 10.9. The van der Waals surface area contributed by atoms with Crippen molar-refractivity contribution in [2.45, 2.75) is 31.1 Å². The monoisotopic (exact) mass is 254 g/mol. The average molecular weight is 254 g/mol. The first-order chi connectivity index (χ1) is 8.10. The molecule has 2 N–H and O–H groups in total. The highest BCUT2D eigenvalue weighted by Crippen LogP contribution is 2.23. The zero-order valence-corrected chi connectivity index (χ0v) is 11.2. The number of ether oxygens (including phenoxy) is 1. The third-order valence-electron chi connectivity index (χ3n) is 2.80. The van der Waals surface area contributed by atoms with Crippen molar-refractivity contribution in [3.05, 3.63) is 6.07 Å². The minimum Gasteiger partial charge on any atom is -0.383 e. The second-order valence-corrected chi connectivity index (χ2v) is 5.06. The molecule has 0 saturated carbocycles. The molecule has 1 fully saturated rings. The Balaban J connectivity index is 2.28. The summed E-state index contributed by atoms with van der Waals surface area (Å²) in [6, 6.07) is 2.14. The van der Waals surface area contributed by atoms with E-state index in [0.29, 0.717) is 17.0 Å². The molecular weight excluding hydrogens is 236 g/mol. The normalized spacial score (nSPS) is 25.0. The van der Waals surface area contributed by atoms with Crippen LogP contribution in [0.1, 0.15) is 13.8 Å². The van der Waals surface area contributed by atoms with E-state index in [1.165, 1.54) is 11.8 Å². The molecule has 2 heterocycles. The van der Waals surface area contributed by atoms with E-state index < -0.39 is 0 Å². The summed E-state index contributed by atoms with van der Waals surface area (Å²) in [5, 5.41) is 0.714. The highest BCUT2D eigenvalue weighted by Gasteiger charge is 2.25. The molecule has 5 nitrogen and oxygen atoms in total. The molecule has 6 heteroatoms. The summed E-state index contributed by atoms with van der Waals surface area (Å²) >= 11 is 1.50. The molecular formula is C11H18N4OS. The van der Waals surface area contributed by atoms with Gasteiger partial charge in [-0.15, -0.1) is 0 Å². The van der Waals surface area contributed by atoms with Crippen molar-refractivity contribution in [3.8, 4) is 0 Å². The number of nitrogen functional groups attached to an aromatic ring is 1. The zero-order valence-electron chi connectivity index (χ0n) is 10.4. The number of rotatable bonds is 2. The molecule has 2 rings (SSSR count). The van der Waals surface area contributed by atoms with Crippen molar-refractivity contribution in [3.63, 3.8) is 0 Å². The molecule has 1 aromatic rings. The van der Waals surface area contributed by atoms with Crippen molar-refractivity contribution in [1.82, 2.24) is 9.97 Å². The van der Waals surface area contributed by atoms with Crippen LogP contribution in [0.25, 0.3) is 0 Å². The first kappa shape index (κ1) is 12.4. The number of thioether (sulfide) groups is 1. The van der Waals surface area contributed by atoms with E-state index in [-0.39, 0.29) is 6.10 Å². The van der Waals surface area contributed by atoms with E-state index in [9.17, 15) is 0 Å². The highest BCUT2D eigenvalue weighted by molar-refractivity contribution is 7.98. The Labute approximate surface area is 106 Å². The predicted molar refractivity (Wildman–Crippen MR) is 70.4 cm³/mol. The Hall–Kier alpha value is -1.01. The molecule has 0 radical (unpaired) electrons. The van der Waals surface area contributed by atoms with Gasteiger partial charge in [-0.25, -0.2) is 9.97 Å². The lowest BCUT2D eigenvalue weighted by Gasteiger charge is -2.37. The molecule has 0 amide bonds. The SMILES string of the molecule is CSc1nc(N)cc(N2CC(C)OCC2C)n1. The fourth-order valence-corrected chi connectivity index (χ4v) is 2.27. The Morgan fingerprint density at radius 1 is 1.47 bits per heavy atom. The summed E-state index contributed by atoms with van der Waals surface area (Å²) in [5.74, 6) is 1.41. The third-order valence-corrected chi connectivity index (χ3v) is 3.34. The fraction of sp³-hybridized carbons (Fsp3) is 0.636. The molecule has 2 unspecified atom stereocenters. The van der Waals surface area contributed by atoms with Gasteiger partial charge in [0.1, 0.15) is 11.6 Å². The van der Waals surface area contributed by atoms with Crippen LogP contribution in [-0.4, -0.2) is 41.5 Å². The standard InChI is InChI=1S/C11H18N4OS/c1-7-6-16-8(2)5-15(7)10-4-9(12)13-11(14-10)17-3/h4,7-8H,5-6H2,1-3H3,(H2,12,13,14). The van der Waals surface area contributed by atoms with E-state index in [4.69, 9.17) is 10.5 Å². The van der Waals surface area contributed by atoms with Gasteiger partial charge in [0.25, 0.3) is 0 Å². The fourth-order valence-electron chi connectivity index (χ4n) is 1.89. The van der Waals surface area contributed by atoms with Crippen molar-refractivity contribution < 1.29 is 4.74 Å². The number of hydrogen-bond donors (Lipinski definition) is 1. The molecule has 1 saturated heterocycles. The van der Waals surface area contributed by atoms with E-state index in [2.05, 4.69) is 28.7 Å². The van der Waals surface area contributed by atoms with Gasteiger partial charge in [-0.2, -0.15) is 0 Å². The number of anilines is 2. The minimum absolute atomic E-state index is 0.222. The van der Waals surface area contributed by atoms with Crippen molar-refractivity contribution in [1.29, 1.82) is 0 Å². The van der Waals surface area contributed by atoms with Gasteiger partial charge in [-0.05, 0) is 20.1 Å². The maximum Gasteiger partial charge on any atom is 0.191 e. The smallest absolute Gasteiger partial charge is 0.191 e. The lowest BCUT2D eigenvalue weighted by atomic mass is 10.2. The van der Waals surface area contributed by atoms with Gasteiger partial charge in [-0.3, -0.25) is 0 Å². The first-order valence-corrected chi connectivity index (χ1v) is 6.89. The second kappa shape index (κ2) is 5.10. The summed E-state index contributed by atoms with van der Waals surface area (Å²) in [5.41, 5.74) is 5.80. The number of aromatic nitrogens is 2. The lowest BCUT2D eigenvalue weighted by Crippen LogP contribution is -2.47. The van der Waals surface area contributed by atoms with Crippen molar-refractivity contribution in [2.24, 2.45) is 0 Å². The quantitative estimate of drug-likeness (QED) is 0.635. The Morgan fingerprint density at radius 2 is 2.24 bits per heavy atom. The molecule has 0 bridgehead atoms. The Morgan fingerprint density at radius 3 is 2.94 bits per heavy atom. The second-order valence-electron chi connectivity index (χ2n) is 4.28. The zero-order chi connectivity index (χ0) is 12.4. The summed E-state index contributed by atoms with van der Waals surface area (Å²) in [6.07, 6.45) is 2.17. The Bertz CT molecular complexity index is 401. The molecule has 1 aromatic heterocycles. The van der Waals surface area contributed by atoms with Gasteiger partial charge < -0.3 is 15.4 Å². The van der Waals surface area contributed by atoms with Crippen LogP contribution in [0.3, 0.4) is 0 Å². The topological polar surface area (TPSA) is 64.3 Å². The van der Waals surface area contributed by atoms with Crippen LogP contribution in [0.2, 0.25) is 0 Å². The third kappa shape index (κ3) is 2.81. The summed E-state index contributed by atoms with van der Waals surface area (Å²) in [6.45, 7) is 5.76. The Kier molecular flexibility index (Phi) is 3.73. The molecule has 0 aliphatic carbocycles. The average Bonchev–Trinajstić information content (AvgIpc) is 2.31. The lowest BCUT2D eigenvalue weighted by molar-refractivity contribution is 0.0340. The van der Waals surface area contributed by atoms with Crippen LogP contribution in [-0.2, 0) is 4.74 Å².